The van der Waals surface area contributed by atoms with Crippen LogP contribution in [0.1, 0.15) is 0 Å². The topological polar surface area (TPSA) is 93.1 Å². The van der Waals surface area contributed by atoms with Crippen LogP contribution in [0, 0.1) is 0 Å². The van der Waals surface area contributed by atoms with Gasteiger partial charge in [-0.05, 0) is 48.5 Å². The Morgan fingerprint density at radius 3 is 0.840 bits per heavy atom. The fraction of sp³-hybridized carbons (Fsp3) is 0.0625. The lowest BCUT2D eigenvalue weighted by atomic mass is 9.95. The van der Waals surface area contributed by atoms with Gasteiger partial charge in [-0.15, -0.1) is 45.3 Å². The Hall–Kier alpha value is -7.45. The molecule has 14 aromatic rings. The zero-order valence-electron chi connectivity index (χ0n) is 39.9. The van der Waals surface area contributed by atoms with Crippen molar-refractivity contribution in [2.24, 2.45) is 0 Å². The number of rotatable bonds is 12. The molecule has 0 saturated heterocycles. The van der Waals surface area contributed by atoms with Crippen LogP contribution in [0.15, 0.2) is 204 Å². The van der Waals surface area contributed by atoms with Crippen molar-refractivity contribution in [1.29, 1.82) is 0 Å². The van der Waals surface area contributed by atoms with Gasteiger partial charge in [0.1, 0.15) is 24.7 Å². The van der Waals surface area contributed by atoms with Crippen molar-refractivity contribution < 1.29 is 28.1 Å². The van der Waals surface area contributed by atoms with Gasteiger partial charge in [-0.1, -0.05) is 146 Å². The van der Waals surface area contributed by atoms with Crippen LogP contribution >= 0.6 is 45.3 Å². The number of thiophene rings is 4. The van der Waals surface area contributed by atoms with Gasteiger partial charge in [0.2, 0.25) is 9.84 Å². The summed E-state index contributed by atoms with van der Waals surface area (Å²) in [5.74, 6) is 0.972. The molecule has 11 heteroatoms. The average molecular weight is 1070 g/mol. The summed E-state index contributed by atoms with van der Waals surface area (Å²) >= 11 is 6.65. The molecule has 6 nitrogen and oxygen atoms in total. The highest BCUT2D eigenvalue weighted by atomic mass is 32.2. The van der Waals surface area contributed by atoms with E-state index < -0.39 is 9.84 Å². The first kappa shape index (κ1) is 46.1. The lowest BCUT2D eigenvalue weighted by molar-refractivity contribution is 0.202. The maximum absolute atomic E-state index is 16.5. The van der Waals surface area contributed by atoms with E-state index in [1.807, 2.05) is 97.1 Å². The summed E-state index contributed by atoms with van der Waals surface area (Å²) in [4.78, 5) is 0.169. The Morgan fingerprint density at radius 1 is 0.320 bits per heavy atom. The van der Waals surface area contributed by atoms with Gasteiger partial charge in [0, 0.05) is 125 Å². The molecule has 4 aromatic heterocycles. The molecular formula is C64H42O6S5. The van der Waals surface area contributed by atoms with Crippen LogP contribution in [0.4, 0.5) is 0 Å². The smallest absolute Gasteiger partial charge is 0.206 e. The largest absolute Gasteiger partial charge is 0.490 e. The van der Waals surface area contributed by atoms with Gasteiger partial charge < -0.3 is 19.7 Å². The van der Waals surface area contributed by atoms with E-state index in [2.05, 4.69) is 72.8 Å². The predicted molar refractivity (Wildman–Crippen MR) is 317 cm³/mol. The van der Waals surface area contributed by atoms with Crippen LogP contribution in [0.2, 0.25) is 0 Å². The van der Waals surface area contributed by atoms with Crippen molar-refractivity contribution in [1.82, 2.24) is 0 Å². The van der Waals surface area contributed by atoms with E-state index in [0.29, 0.717) is 33.8 Å². The monoisotopic (exact) mass is 1070 g/mol. The van der Waals surface area contributed by atoms with Crippen molar-refractivity contribution in [2.75, 3.05) is 26.4 Å². The first-order valence-corrected chi connectivity index (χ1v) is 29.3. The van der Waals surface area contributed by atoms with Gasteiger partial charge in [-0.25, -0.2) is 8.42 Å². The summed E-state index contributed by atoms with van der Waals surface area (Å²) in [5, 5.41) is 29.5. The van der Waals surface area contributed by atoms with Crippen LogP contribution in [0.3, 0.4) is 0 Å². The van der Waals surface area contributed by atoms with E-state index in [0.717, 1.165) is 103 Å². The predicted octanol–water partition coefficient (Wildman–Crippen LogP) is 17.4. The van der Waals surface area contributed by atoms with Crippen molar-refractivity contribution in [3.8, 4) is 56.0 Å². The second-order valence-electron chi connectivity index (χ2n) is 18.5. The zero-order valence-corrected chi connectivity index (χ0v) is 44.0. The van der Waals surface area contributed by atoms with Crippen LogP contribution < -0.4 is 9.47 Å². The third-order valence-corrected chi connectivity index (χ3v) is 20.8. The minimum atomic E-state index is -4.44. The number of fused-ring (bicyclic) bond motifs is 12. The Bertz CT molecular complexity index is 4170. The number of benzene rings is 10. The molecule has 0 saturated carbocycles. The fourth-order valence-corrected chi connectivity index (χ4v) is 17.2. The molecule has 0 aliphatic heterocycles. The molecule has 4 heterocycles. The second kappa shape index (κ2) is 18.4. The first-order chi connectivity index (χ1) is 36.9. The normalized spacial score (nSPS) is 12.2. The first-order valence-electron chi connectivity index (χ1n) is 24.6. The summed E-state index contributed by atoms with van der Waals surface area (Å²) in [6.45, 7) is -0.500. The SMILES string of the molecule is O=S(=O)(c1cc(-c2cccc3c2sc2ccccc23)c(OCCO)c(-c2cccc3c2sc2ccccc23)c1)c1cc(-c2cccc3c2sc2ccccc23)c(OCCO)c(-c2cccc3c2sc2ccccc23)c1. The highest BCUT2D eigenvalue weighted by Gasteiger charge is 2.30. The van der Waals surface area contributed by atoms with Crippen molar-refractivity contribution in [3.05, 3.63) is 194 Å². The van der Waals surface area contributed by atoms with Crippen molar-refractivity contribution in [2.45, 2.75) is 9.79 Å². The summed E-state index contributed by atoms with van der Waals surface area (Å²) in [7, 11) is -4.44. The maximum atomic E-state index is 16.5. The quantitative estimate of drug-likeness (QED) is 0.127. The number of sulfone groups is 1. The number of aliphatic hydroxyl groups excluding tert-OH is 2. The zero-order chi connectivity index (χ0) is 50.4. The van der Waals surface area contributed by atoms with E-state index >= 15 is 8.42 Å². The Balaban J connectivity index is 1.09. The third kappa shape index (κ3) is 7.48. The molecule has 0 fully saturated rings. The Morgan fingerprint density at radius 2 is 0.573 bits per heavy atom. The number of hydrogen-bond donors (Lipinski definition) is 2. The van der Waals surface area contributed by atoms with Crippen LogP contribution in [0.25, 0.3) is 125 Å². The van der Waals surface area contributed by atoms with Gasteiger partial charge >= 0.3 is 0 Å². The highest BCUT2D eigenvalue weighted by molar-refractivity contribution is 7.91. The standard InChI is InChI=1S/C64H42O6S5/c65-29-31-69-59-51(47-21-9-17-43-39-13-1-5-25-55(39)71-61(43)47)33-37(34-52(59)48-22-10-18-44-40-14-2-6-26-56(40)72-62(44)48)75(67,68)38-35-53(49-23-11-19-45-41-15-3-7-27-57(41)73-63(45)49)60(70-32-30-66)54(36-38)50-24-12-20-46-42-16-4-8-28-58(42)74-64(46)50/h1-28,33-36,65-66H,29-32H2. The molecule has 0 aliphatic carbocycles. The number of ether oxygens (including phenoxy) is 2. The lowest BCUT2D eigenvalue weighted by Crippen LogP contribution is -2.09. The van der Waals surface area contributed by atoms with Crippen molar-refractivity contribution in [3.63, 3.8) is 0 Å². The van der Waals surface area contributed by atoms with Crippen LogP contribution in [-0.2, 0) is 9.84 Å². The van der Waals surface area contributed by atoms with Crippen LogP contribution in [-0.4, -0.2) is 45.1 Å². The minimum Gasteiger partial charge on any atom is -0.490 e. The van der Waals surface area contributed by atoms with Gasteiger partial charge in [0.25, 0.3) is 0 Å². The molecule has 0 atom stereocenters. The molecule has 0 amide bonds. The molecule has 0 radical (unpaired) electrons. The van der Waals surface area contributed by atoms with Gasteiger partial charge in [0.15, 0.2) is 0 Å². The Labute approximate surface area is 447 Å². The molecule has 75 heavy (non-hydrogen) atoms. The van der Waals surface area contributed by atoms with E-state index in [1.165, 1.54) is 0 Å². The fourth-order valence-electron chi connectivity index (χ4n) is 10.9. The molecule has 14 rings (SSSR count). The van der Waals surface area contributed by atoms with Gasteiger partial charge in [0.05, 0.1) is 23.0 Å². The van der Waals surface area contributed by atoms with Crippen molar-refractivity contribution >= 4 is 136 Å². The summed E-state index contributed by atoms with van der Waals surface area (Å²) < 4.78 is 54.8. The van der Waals surface area contributed by atoms with E-state index in [1.54, 1.807) is 69.6 Å². The molecule has 364 valence electrons. The lowest BCUT2D eigenvalue weighted by Gasteiger charge is -2.21. The molecular weight excluding hydrogens is 1030 g/mol. The molecule has 10 aromatic carbocycles. The number of aliphatic hydroxyl groups is 2. The highest BCUT2D eigenvalue weighted by Crippen LogP contribution is 2.53. The third-order valence-electron chi connectivity index (χ3n) is 14.2. The van der Waals surface area contributed by atoms with Crippen LogP contribution in [0.5, 0.6) is 11.5 Å². The molecule has 2 N–H and O–H groups in total. The van der Waals surface area contributed by atoms with E-state index in [4.69, 9.17) is 9.47 Å². The molecule has 0 spiro atoms. The summed E-state index contributed by atoms with van der Waals surface area (Å²) in [6.07, 6.45) is 0. The molecule has 0 unspecified atom stereocenters. The molecule has 0 bridgehead atoms. The maximum Gasteiger partial charge on any atom is 0.206 e. The van der Waals surface area contributed by atoms with Gasteiger partial charge in [-0.3, -0.25) is 0 Å². The summed E-state index contributed by atoms with van der Waals surface area (Å²) in [5.41, 5.74) is 5.70. The minimum absolute atomic E-state index is 0.00847. The van der Waals surface area contributed by atoms with Gasteiger partial charge in [-0.2, -0.15) is 0 Å². The number of hydrogen-bond acceptors (Lipinski definition) is 10. The average Bonchev–Trinajstić information content (AvgIpc) is 4.24. The second-order valence-corrected chi connectivity index (χ2v) is 24.6. The molecule has 0 aliphatic rings. The van der Waals surface area contributed by atoms with E-state index in [9.17, 15) is 10.2 Å². The Kier molecular flexibility index (Phi) is 11.3. The van der Waals surface area contributed by atoms with E-state index in [-0.39, 0.29) is 36.2 Å². The summed E-state index contributed by atoms with van der Waals surface area (Å²) in [6, 6.07) is 65.0.